The first-order valence-corrected chi connectivity index (χ1v) is 7.51. The van der Waals surface area contributed by atoms with Crippen molar-refractivity contribution in [3.8, 4) is 22.9 Å². The highest BCUT2D eigenvalue weighted by Gasteiger charge is 2.15. The second-order valence-corrected chi connectivity index (χ2v) is 5.57. The molecule has 0 bridgehead atoms. The molecule has 0 fully saturated rings. The minimum Gasteiger partial charge on any atom is -0.493 e. The predicted molar refractivity (Wildman–Crippen MR) is 96.8 cm³/mol. The van der Waals surface area contributed by atoms with E-state index in [-0.39, 0.29) is 0 Å². The summed E-state index contributed by atoms with van der Waals surface area (Å²) in [6.07, 6.45) is 0. The summed E-state index contributed by atoms with van der Waals surface area (Å²) in [6.45, 7) is 0. The molecule has 6 heteroatoms. The maximum absolute atomic E-state index is 6.17. The normalized spacial score (nSPS) is 10.7. The third-order valence-electron chi connectivity index (χ3n) is 3.86. The van der Waals surface area contributed by atoms with E-state index >= 15 is 0 Å². The molecule has 124 valence electrons. The van der Waals surface area contributed by atoms with Crippen LogP contribution in [-0.2, 0) is 0 Å². The van der Waals surface area contributed by atoms with Crippen molar-refractivity contribution in [3.63, 3.8) is 0 Å². The molecule has 0 radical (unpaired) electrons. The minimum atomic E-state index is 0.407. The molecule has 0 amide bonds. The van der Waals surface area contributed by atoms with Crippen LogP contribution in [-0.4, -0.2) is 38.3 Å². The molecule has 24 heavy (non-hydrogen) atoms. The van der Waals surface area contributed by atoms with E-state index in [4.69, 9.17) is 15.2 Å². The van der Waals surface area contributed by atoms with Crippen molar-refractivity contribution in [1.82, 2.24) is 9.97 Å². The number of nitrogens with two attached hydrogens (primary N) is 1. The van der Waals surface area contributed by atoms with E-state index in [1.807, 2.05) is 49.3 Å². The lowest BCUT2D eigenvalue weighted by molar-refractivity contribution is 0.356. The zero-order valence-corrected chi connectivity index (χ0v) is 14.2. The lowest BCUT2D eigenvalue weighted by Gasteiger charge is -2.17. The van der Waals surface area contributed by atoms with Crippen molar-refractivity contribution in [2.75, 3.05) is 38.9 Å². The molecule has 6 nitrogen and oxygen atoms in total. The summed E-state index contributed by atoms with van der Waals surface area (Å²) >= 11 is 0. The van der Waals surface area contributed by atoms with Gasteiger partial charge in [0.2, 0.25) is 0 Å². The molecule has 0 atom stereocenters. The van der Waals surface area contributed by atoms with Crippen molar-refractivity contribution >= 4 is 22.4 Å². The number of hydrogen-bond donors (Lipinski definition) is 1. The monoisotopic (exact) mass is 324 g/mol. The van der Waals surface area contributed by atoms with Crippen molar-refractivity contribution in [2.45, 2.75) is 0 Å². The zero-order chi connectivity index (χ0) is 17.3. The van der Waals surface area contributed by atoms with Crippen LogP contribution in [0.4, 0.5) is 11.5 Å². The van der Waals surface area contributed by atoms with Gasteiger partial charge in [0.05, 0.1) is 19.7 Å². The summed E-state index contributed by atoms with van der Waals surface area (Å²) in [4.78, 5) is 11.2. The smallest absolute Gasteiger partial charge is 0.164 e. The van der Waals surface area contributed by atoms with E-state index in [0.717, 1.165) is 16.6 Å². The number of anilines is 2. The molecule has 1 heterocycles. The maximum Gasteiger partial charge on any atom is 0.164 e. The van der Waals surface area contributed by atoms with Crippen LogP contribution in [0.2, 0.25) is 0 Å². The van der Waals surface area contributed by atoms with Crippen molar-refractivity contribution < 1.29 is 9.47 Å². The van der Waals surface area contributed by atoms with Gasteiger partial charge in [-0.25, -0.2) is 9.97 Å². The molecule has 0 saturated carbocycles. The summed E-state index contributed by atoms with van der Waals surface area (Å²) in [7, 11) is 7.15. The van der Waals surface area contributed by atoms with Crippen molar-refractivity contribution in [1.29, 1.82) is 0 Å². The summed E-state index contributed by atoms with van der Waals surface area (Å²) in [5, 5.41) is 0.735. The van der Waals surface area contributed by atoms with Gasteiger partial charge < -0.3 is 20.1 Å². The predicted octanol–water partition coefficient (Wildman–Crippen LogP) is 2.96. The molecular weight excluding hydrogens is 304 g/mol. The Kier molecular flexibility index (Phi) is 4.12. The van der Waals surface area contributed by atoms with Crippen LogP contribution in [0, 0.1) is 0 Å². The van der Waals surface area contributed by atoms with Gasteiger partial charge in [-0.05, 0) is 18.2 Å². The fourth-order valence-corrected chi connectivity index (χ4v) is 2.65. The number of rotatable bonds is 4. The fraction of sp³-hybridized carbons (Fsp3) is 0.222. The van der Waals surface area contributed by atoms with Crippen LogP contribution in [0.5, 0.6) is 11.5 Å². The Morgan fingerprint density at radius 3 is 2.29 bits per heavy atom. The number of hydrogen-bond acceptors (Lipinski definition) is 6. The average Bonchev–Trinajstić information content (AvgIpc) is 2.60. The highest BCUT2D eigenvalue weighted by Crippen LogP contribution is 2.35. The third-order valence-corrected chi connectivity index (χ3v) is 3.86. The SMILES string of the molecule is COc1cc2nc(-c3ccccc3N(C)C)nc(N)c2cc1OC. The number of ether oxygens (including phenoxy) is 2. The molecule has 0 aliphatic carbocycles. The summed E-state index contributed by atoms with van der Waals surface area (Å²) in [5.41, 5.74) is 8.83. The number of nitrogens with zero attached hydrogens (tertiary/aromatic N) is 3. The van der Waals surface area contributed by atoms with E-state index in [1.54, 1.807) is 20.3 Å². The Morgan fingerprint density at radius 1 is 0.958 bits per heavy atom. The van der Waals surface area contributed by atoms with Crippen LogP contribution in [0.1, 0.15) is 0 Å². The Morgan fingerprint density at radius 2 is 1.62 bits per heavy atom. The van der Waals surface area contributed by atoms with E-state index in [2.05, 4.69) is 9.97 Å². The average molecular weight is 324 g/mol. The van der Waals surface area contributed by atoms with Gasteiger partial charge in [-0.1, -0.05) is 12.1 Å². The Labute approximate surface area is 140 Å². The van der Waals surface area contributed by atoms with Gasteiger partial charge in [-0.15, -0.1) is 0 Å². The fourth-order valence-electron chi connectivity index (χ4n) is 2.65. The lowest BCUT2D eigenvalue weighted by atomic mass is 10.1. The van der Waals surface area contributed by atoms with Gasteiger partial charge in [0, 0.05) is 36.8 Å². The van der Waals surface area contributed by atoms with Crippen LogP contribution < -0.4 is 20.1 Å². The molecule has 3 rings (SSSR count). The zero-order valence-electron chi connectivity index (χ0n) is 14.2. The largest absolute Gasteiger partial charge is 0.493 e. The van der Waals surface area contributed by atoms with Crippen molar-refractivity contribution in [3.05, 3.63) is 36.4 Å². The van der Waals surface area contributed by atoms with Crippen LogP contribution in [0.3, 0.4) is 0 Å². The first-order chi connectivity index (χ1) is 11.5. The number of aromatic nitrogens is 2. The first-order valence-electron chi connectivity index (χ1n) is 7.51. The van der Waals surface area contributed by atoms with Crippen LogP contribution >= 0.6 is 0 Å². The van der Waals surface area contributed by atoms with Crippen molar-refractivity contribution in [2.24, 2.45) is 0 Å². The standard InChI is InChI=1S/C18H20N4O2/c1-22(2)14-8-6-5-7-11(14)18-20-13-10-16(24-4)15(23-3)9-12(13)17(19)21-18/h5-10H,1-4H3,(H2,19,20,21). The molecule has 2 aromatic carbocycles. The highest BCUT2D eigenvalue weighted by molar-refractivity contribution is 5.93. The van der Waals surface area contributed by atoms with Gasteiger partial charge in [-0.3, -0.25) is 0 Å². The van der Waals surface area contributed by atoms with Crippen LogP contribution in [0.15, 0.2) is 36.4 Å². The summed E-state index contributed by atoms with van der Waals surface area (Å²) < 4.78 is 10.7. The topological polar surface area (TPSA) is 73.5 Å². The van der Waals surface area contributed by atoms with Gasteiger partial charge in [0.25, 0.3) is 0 Å². The Bertz CT molecular complexity index is 894. The third kappa shape index (κ3) is 2.67. The van der Waals surface area contributed by atoms with E-state index in [0.29, 0.717) is 28.7 Å². The quantitative estimate of drug-likeness (QED) is 0.795. The number of fused-ring (bicyclic) bond motifs is 1. The van der Waals surface area contributed by atoms with Gasteiger partial charge >= 0.3 is 0 Å². The Balaban J connectivity index is 2.25. The summed E-state index contributed by atoms with van der Waals surface area (Å²) in [6, 6.07) is 11.6. The van der Waals surface area contributed by atoms with Gasteiger partial charge in [0.15, 0.2) is 17.3 Å². The number of nitrogen functional groups attached to an aromatic ring is 1. The molecule has 0 aliphatic heterocycles. The number of methoxy groups -OCH3 is 2. The van der Waals surface area contributed by atoms with Crippen LogP contribution in [0.25, 0.3) is 22.3 Å². The molecule has 0 spiro atoms. The number of para-hydroxylation sites is 1. The van der Waals surface area contributed by atoms with Gasteiger partial charge in [-0.2, -0.15) is 0 Å². The van der Waals surface area contributed by atoms with E-state index < -0.39 is 0 Å². The second-order valence-electron chi connectivity index (χ2n) is 5.57. The molecule has 1 aromatic heterocycles. The molecule has 0 unspecified atom stereocenters. The summed E-state index contributed by atoms with van der Waals surface area (Å²) in [5.74, 6) is 2.19. The van der Waals surface area contributed by atoms with Gasteiger partial charge in [0.1, 0.15) is 5.82 Å². The minimum absolute atomic E-state index is 0.407. The first kappa shape index (κ1) is 15.9. The Hall–Kier alpha value is -3.02. The molecule has 0 aliphatic rings. The highest BCUT2D eigenvalue weighted by atomic mass is 16.5. The lowest BCUT2D eigenvalue weighted by Crippen LogP contribution is -2.10. The molecule has 0 saturated heterocycles. The van der Waals surface area contributed by atoms with E-state index in [1.165, 1.54) is 0 Å². The second kappa shape index (κ2) is 6.23. The molecule has 3 aromatic rings. The molecule has 2 N–H and O–H groups in total. The molecular formula is C18H20N4O2. The van der Waals surface area contributed by atoms with E-state index in [9.17, 15) is 0 Å². The maximum atomic E-state index is 6.17. The number of benzene rings is 2.